The zero-order chi connectivity index (χ0) is 18.8. The Morgan fingerprint density at radius 1 is 1.17 bits per heavy atom. The predicted molar refractivity (Wildman–Crippen MR) is 105 cm³/mol. The number of carbonyl (C=O) groups excluding carboxylic acids is 1. The summed E-state index contributed by atoms with van der Waals surface area (Å²) in [5.74, 6) is 0.820. The first-order valence-corrected chi connectivity index (χ1v) is 11.9. The van der Waals surface area contributed by atoms with Gasteiger partial charge in [0.2, 0.25) is 8.32 Å². The summed E-state index contributed by atoms with van der Waals surface area (Å²) in [6.45, 7) is 16.9. The molecule has 6 heteroatoms. The summed E-state index contributed by atoms with van der Waals surface area (Å²) in [5.41, 5.74) is 0.419. The smallest absolute Gasteiger partial charge is 0.407 e. The lowest BCUT2D eigenvalue weighted by molar-refractivity contribution is 0.0523. The second-order valence-electron chi connectivity index (χ2n) is 8.47. The zero-order valence-electron chi connectivity index (χ0n) is 16.0. The molecule has 24 heavy (non-hydrogen) atoms. The first kappa shape index (κ1) is 21.0. The van der Waals surface area contributed by atoms with Crippen LogP contribution in [0, 0.1) is 0 Å². The van der Waals surface area contributed by atoms with Gasteiger partial charge < -0.3 is 14.5 Å². The first-order valence-electron chi connectivity index (χ1n) is 8.15. The molecule has 1 aromatic carbocycles. The number of amides is 1. The molecule has 1 aromatic rings. The highest BCUT2D eigenvalue weighted by Gasteiger charge is 2.39. The molecule has 136 valence electrons. The fourth-order valence-corrected chi connectivity index (χ4v) is 3.16. The van der Waals surface area contributed by atoms with Gasteiger partial charge in [0.25, 0.3) is 0 Å². The highest BCUT2D eigenvalue weighted by molar-refractivity contribution is 9.10. The van der Waals surface area contributed by atoms with Crippen molar-refractivity contribution in [2.45, 2.75) is 71.8 Å². The summed E-state index contributed by atoms with van der Waals surface area (Å²) in [4.78, 5) is 11.9. The normalized spacial score (nSPS) is 12.7. The third-order valence-electron chi connectivity index (χ3n) is 4.02. The quantitative estimate of drug-likeness (QED) is 0.626. The Morgan fingerprint density at radius 3 is 2.25 bits per heavy atom. The summed E-state index contributed by atoms with van der Waals surface area (Å²) in [6, 6.07) is 5.88. The van der Waals surface area contributed by atoms with E-state index in [0.717, 1.165) is 15.8 Å². The molecule has 0 unspecified atom stereocenters. The average Bonchev–Trinajstić information content (AvgIpc) is 2.35. The van der Waals surface area contributed by atoms with E-state index in [0.29, 0.717) is 6.54 Å². The van der Waals surface area contributed by atoms with Crippen molar-refractivity contribution in [1.82, 2.24) is 5.32 Å². The van der Waals surface area contributed by atoms with Crippen LogP contribution in [0.4, 0.5) is 4.79 Å². The third-order valence-corrected chi connectivity index (χ3v) is 8.85. The number of halogens is 1. The summed E-state index contributed by atoms with van der Waals surface area (Å²) in [7, 11) is -1.95. The van der Waals surface area contributed by atoms with Crippen LogP contribution in [0.3, 0.4) is 0 Å². The van der Waals surface area contributed by atoms with E-state index in [-0.39, 0.29) is 5.04 Å². The fourth-order valence-electron chi connectivity index (χ4n) is 1.70. The van der Waals surface area contributed by atoms with E-state index < -0.39 is 20.0 Å². The molecule has 0 atom stereocenters. The number of ether oxygens (including phenoxy) is 1. The number of hydrogen-bond donors (Lipinski definition) is 1. The maximum atomic E-state index is 11.9. The van der Waals surface area contributed by atoms with Crippen molar-refractivity contribution in [3.63, 3.8) is 0 Å². The van der Waals surface area contributed by atoms with Crippen molar-refractivity contribution >= 4 is 30.3 Å². The van der Waals surface area contributed by atoms with Crippen molar-refractivity contribution in [2.24, 2.45) is 0 Å². The maximum absolute atomic E-state index is 11.9. The van der Waals surface area contributed by atoms with Crippen LogP contribution in [-0.2, 0) is 11.3 Å². The maximum Gasteiger partial charge on any atom is 0.407 e. The van der Waals surface area contributed by atoms with Crippen LogP contribution in [0.5, 0.6) is 5.75 Å². The number of carbonyl (C=O) groups is 1. The van der Waals surface area contributed by atoms with Gasteiger partial charge in [0, 0.05) is 16.6 Å². The average molecular weight is 416 g/mol. The molecule has 1 N–H and O–H groups in total. The van der Waals surface area contributed by atoms with E-state index in [9.17, 15) is 4.79 Å². The second-order valence-corrected chi connectivity index (χ2v) is 14.1. The SMILES string of the molecule is CC(C)(C)OC(=O)NCc1cc(Br)ccc1O[Si](C)(C)C(C)(C)C. The van der Waals surface area contributed by atoms with E-state index in [2.05, 4.69) is 55.1 Å². The van der Waals surface area contributed by atoms with Gasteiger partial charge in [-0.15, -0.1) is 0 Å². The summed E-state index contributed by atoms with van der Waals surface area (Å²) >= 11 is 3.48. The Morgan fingerprint density at radius 2 is 1.75 bits per heavy atom. The molecule has 1 amide bonds. The van der Waals surface area contributed by atoms with Crippen LogP contribution >= 0.6 is 15.9 Å². The van der Waals surface area contributed by atoms with Crippen LogP contribution in [0.2, 0.25) is 18.1 Å². The van der Waals surface area contributed by atoms with Crippen LogP contribution in [0.25, 0.3) is 0 Å². The zero-order valence-corrected chi connectivity index (χ0v) is 18.6. The molecule has 1 rings (SSSR count). The van der Waals surface area contributed by atoms with E-state index >= 15 is 0 Å². The highest BCUT2D eigenvalue weighted by atomic mass is 79.9. The van der Waals surface area contributed by atoms with Crippen LogP contribution in [-0.4, -0.2) is 20.0 Å². The summed E-state index contributed by atoms with van der Waals surface area (Å²) in [5, 5.41) is 2.91. The Kier molecular flexibility index (Phi) is 6.55. The van der Waals surface area contributed by atoms with E-state index in [1.54, 1.807) is 0 Å². The molecule has 0 heterocycles. The van der Waals surface area contributed by atoms with Gasteiger partial charge in [-0.05, 0) is 57.1 Å². The number of hydrogen-bond acceptors (Lipinski definition) is 3. The van der Waals surface area contributed by atoms with Crippen molar-refractivity contribution in [1.29, 1.82) is 0 Å². The second kappa shape index (κ2) is 7.48. The number of alkyl carbamates (subject to hydrolysis) is 1. The molecule has 0 saturated carbocycles. The van der Waals surface area contributed by atoms with Gasteiger partial charge in [0.05, 0.1) is 0 Å². The molecule has 0 saturated heterocycles. The lowest BCUT2D eigenvalue weighted by atomic mass is 10.2. The molecule has 0 aromatic heterocycles. The van der Waals surface area contributed by atoms with E-state index in [1.165, 1.54) is 0 Å². The predicted octanol–water partition coefficient (Wildman–Crippen LogP) is 5.86. The molecular weight excluding hydrogens is 386 g/mol. The van der Waals surface area contributed by atoms with Gasteiger partial charge in [-0.25, -0.2) is 4.79 Å². The van der Waals surface area contributed by atoms with Gasteiger partial charge in [-0.3, -0.25) is 0 Å². The van der Waals surface area contributed by atoms with Crippen LogP contribution in [0.15, 0.2) is 22.7 Å². The Hall–Kier alpha value is -1.01. The minimum Gasteiger partial charge on any atom is -0.543 e. The first-order chi connectivity index (χ1) is 10.7. The molecule has 0 aliphatic heterocycles. The third kappa shape index (κ3) is 6.47. The minimum absolute atomic E-state index is 0.107. The van der Waals surface area contributed by atoms with Crippen LogP contribution in [0.1, 0.15) is 47.1 Å². The number of rotatable bonds is 4. The Labute approximate surface area is 155 Å². The van der Waals surface area contributed by atoms with Gasteiger partial charge >= 0.3 is 6.09 Å². The highest BCUT2D eigenvalue weighted by Crippen LogP contribution is 2.38. The molecule has 0 aliphatic carbocycles. The molecule has 0 bridgehead atoms. The summed E-state index contributed by atoms with van der Waals surface area (Å²) in [6.07, 6.45) is -0.430. The Balaban J connectivity index is 2.92. The van der Waals surface area contributed by atoms with Gasteiger partial charge in [-0.2, -0.15) is 0 Å². The standard InChI is InChI=1S/C18H30BrNO3Si/c1-17(2,3)22-16(21)20-12-13-11-14(19)9-10-15(13)23-24(7,8)18(4,5)6/h9-11H,12H2,1-8H3,(H,20,21). The lowest BCUT2D eigenvalue weighted by Crippen LogP contribution is -2.44. The fraction of sp³-hybridized carbons (Fsp3) is 0.611. The molecule has 0 fully saturated rings. The van der Waals surface area contributed by atoms with Crippen LogP contribution < -0.4 is 9.74 Å². The van der Waals surface area contributed by atoms with Gasteiger partial charge in [0.1, 0.15) is 11.4 Å². The number of benzene rings is 1. The molecule has 4 nitrogen and oxygen atoms in total. The van der Waals surface area contributed by atoms with Crippen molar-refractivity contribution < 1.29 is 14.0 Å². The monoisotopic (exact) mass is 415 g/mol. The van der Waals surface area contributed by atoms with Gasteiger partial charge in [0.15, 0.2) is 0 Å². The van der Waals surface area contributed by atoms with E-state index in [1.807, 2.05) is 39.0 Å². The topological polar surface area (TPSA) is 47.6 Å². The minimum atomic E-state index is -1.95. The lowest BCUT2D eigenvalue weighted by Gasteiger charge is -2.37. The van der Waals surface area contributed by atoms with Crippen molar-refractivity contribution in [3.8, 4) is 5.75 Å². The summed E-state index contributed by atoms with van der Waals surface area (Å²) < 4.78 is 12.7. The molecule has 0 radical (unpaired) electrons. The van der Waals surface area contributed by atoms with E-state index in [4.69, 9.17) is 9.16 Å². The molecule has 0 spiro atoms. The number of nitrogens with one attached hydrogen (secondary N) is 1. The Bertz CT molecular complexity index is 589. The molecular formula is C18H30BrNO3Si. The largest absolute Gasteiger partial charge is 0.543 e. The molecule has 0 aliphatic rings. The van der Waals surface area contributed by atoms with Crippen molar-refractivity contribution in [2.75, 3.05) is 0 Å². The van der Waals surface area contributed by atoms with Gasteiger partial charge in [-0.1, -0.05) is 36.7 Å². The van der Waals surface area contributed by atoms with Crippen molar-refractivity contribution in [3.05, 3.63) is 28.2 Å².